The van der Waals surface area contributed by atoms with E-state index in [4.69, 9.17) is 0 Å². The first-order valence-corrected chi connectivity index (χ1v) is 18.9. The number of nitrogens with one attached hydrogen (secondary N) is 4. The Balaban J connectivity index is 1.91. The Labute approximate surface area is 293 Å². The molecule has 0 radical (unpaired) electrons. The average molecular weight is 694 g/mol. The summed E-state index contributed by atoms with van der Waals surface area (Å²) in [7, 11) is -2.30. The van der Waals surface area contributed by atoms with Gasteiger partial charge in [0.15, 0.2) is 0 Å². The highest BCUT2D eigenvalue weighted by Crippen LogP contribution is 2.22. The summed E-state index contributed by atoms with van der Waals surface area (Å²) < 4.78 is 26.1. The first-order chi connectivity index (χ1) is 23.1. The predicted octanol–water partition coefficient (Wildman–Crippen LogP) is 4.53. The molecule has 0 heterocycles. The van der Waals surface area contributed by atoms with Crippen LogP contribution in [-0.4, -0.2) is 76.5 Å². The summed E-state index contributed by atoms with van der Waals surface area (Å²) in [5, 5.41) is 24.1. The average Bonchev–Trinajstić information content (AvgIpc) is 3.05. The van der Waals surface area contributed by atoms with Crippen LogP contribution >= 0.6 is 0 Å². The SMILES string of the molecule is CC(C)CNC[C@@H](NC[C@H](Cc1ccccc1)NC(=O)c1cc(C(=O)N[C@H](C)c2ccccc2)cc(N(C)S(C)(=O)=O)c1)[C@@H](O)CC(C)C. The number of hydrogen-bond donors (Lipinski definition) is 5. The van der Waals surface area contributed by atoms with Gasteiger partial charge >= 0.3 is 0 Å². The van der Waals surface area contributed by atoms with Crippen molar-refractivity contribution >= 4 is 27.5 Å². The number of anilines is 1. The number of benzene rings is 3. The number of aliphatic hydroxyl groups excluding tert-OH is 1. The summed E-state index contributed by atoms with van der Waals surface area (Å²) in [5.74, 6) is -0.121. The molecule has 11 heteroatoms. The largest absolute Gasteiger partial charge is 0.391 e. The molecule has 0 aromatic heterocycles. The zero-order valence-electron chi connectivity index (χ0n) is 29.9. The number of carbonyl (C=O) groups excluding carboxylic acids is 2. The van der Waals surface area contributed by atoms with Crippen LogP contribution in [0.3, 0.4) is 0 Å². The molecule has 3 aromatic rings. The molecule has 0 aliphatic heterocycles. The molecule has 5 N–H and O–H groups in total. The third-order valence-corrected chi connectivity index (χ3v) is 9.54. The summed E-state index contributed by atoms with van der Waals surface area (Å²) in [6.45, 7) is 12.0. The van der Waals surface area contributed by atoms with Gasteiger partial charge in [-0.1, -0.05) is 88.4 Å². The van der Waals surface area contributed by atoms with Crippen molar-refractivity contribution in [2.45, 2.75) is 71.7 Å². The van der Waals surface area contributed by atoms with Gasteiger partial charge in [0.2, 0.25) is 10.0 Å². The molecule has 3 aromatic carbocycles. The molecule has 0 unspecified atom stereocenters. The molecule has 2 amide bonds. The third kappa shape index (κ3) is 13.2. The van der Waals surface area contributed by atoms with Gasteiger partial charge in [-0.2, -0.15) is 0 Å². The van der Waals surface area contributed by atoms with Crippen molar-refractivity contribution < 1.29 is 23.1 Å². The molecule has 0 bridgehead atoms. The molecule has 268 valence electrons. The summed E-state index contributed by atoms with van der Waals surface area (Å²) in [5.41, 5.74) is 2.43. The van der Waals surface area contributed by atoms with Crippen molar-refractivity contribution in [2.24, 2.45) is 11.8 Å². The molecule has 10 nitrogen and oxygen atoms in total. The van der Waals surface area contributed by atoms with Crippen LogP contribution < -0.4 is 25.6 Å². The molecule has 0 saturated heterocycles. The summed E-state index contributed by atoms with van der Waals surface area (Å²) >= 11 is 0. The van der Waals surface area contributed by atoms with Crippen LogP contribution in [0.25, 0.3) is 0 Å². The molecule has 3 rings (SSSR count). The van der Waals surface area contributed by atoms with E-state index in [1.807, 2.05) is 67.6 Å². The first kappa shape index (κ1) is 39.7. The molecular formula is C38H55N5O5S. The predicted molar refractivity (Wildman–Crippen MR) is 198 cm³/mol. The summed E-state index contributed by atoms with van der Waals surface area (Å²) in [6.07, 6.45) is 1.62. The molecule has 4 atom stereocenters. The molecule has 0 aliphatic carbocycles. The number of amides is 2. The van der Waals surface area contributed by atoms with Crippen molar-refractivity contribution in [2.75, 3.05) is 37.2 Å². The normalized spacial score (nSPS) is 14.2. The quantitative estimate of drug-likeness (QED) is 0.124. The second-order valence-electron chi connectivity index (χ2n) is 13.7. The van der Waals surface area contributed by atoms with Gasteiger partial charge in [0.25, 0.3) is 11.8 Å². The monoisotopic (exact) mass is 693 g/mol. The lowest BCUT2D eigenvalue weighted by Crippen LogP contribution is -2.53. The van der Waals surface area contributed by atoms with E-state index in [0.717, 1.165) is 28.2 Å². The van der Waals surface area contributed by atoms with Crippen LogP contribution in [-0.2, 0) is 16.4 Å². The lowest BCUT2D eigenvalue weighted by Gasteiger charge is -2.29. The number of nitrogens with zero attached hydrogens (tertiary/aromatic N) is 1. The topological polar surface area (TPSA) is 140 Å². The van der Waals surface area contributed by atoms with Gasteiger partial charge in [-0.3, -0.25) is 13.9 Å². The Kier molecular flexibility index (Phi) is 15.3. The van der Waals surface area contributed by atoms with Crippen molar-refractivity contribution in [3.05, 3.63) is 101 Å². The van der Waals surface area contributed by atoms with Crippen LogP contribution in [0.2, 0.25) is 0 Å². The summed E-state index contributed by atoms with van der Waals surface area (Å²) in [4.78, 5) is 27.4. The van der Waals surface area contributed by atoms with Crippen LogP contribution in [0.4, 0.5) is 5.69 Å². The Morgan fingerprint density at radius 1 is 0.776 bits per heavy atom. The number of carbonyl (C=O) groups is 2. The lowest BCUT2D eigenvalue weighted by molar-refractivity contribution is 0.0918. The van der Waals surface area contributed by atoms with Crippen LogP contribution in [0.5, 0.6) is 0 Å². The van der Waals surface area contributed by atoms with Crippen LogP contribution in [0.15, 0.2) is 78.9 Å². The fraction of sp³-hybridized carbons (Fsp3) is 0.474. The van der Waals surface area contributed by atoms with Gasteiger partial charge < -0.3 is 26.4 Å². The number of hydrogen-bond acceptors (Lipinski definition) is 7. The van der Waals surface area contributed by atoms with Crippen molar-refractivity contribution in [1.82, 2.24) is 21.3 Å². The highest BCUT2D eigenvalue weighted by molar-refractivity contribution is 7.92. The minimum absolute atomic E-state index is 0.151. The highest BCUT2D eigenvalue weighted by Gasteiger charge is 2.24. The van der Waals surface area contributed by atoms with E-state index in [1.165, 1.54) is 25.2 Å². The number of rotatable bonds is 19. The van der Waals surface area contributed by atoms with Crippen molar-refractivity contribution in [3.8, 4) is 0 Å². The van der Waals surface area contributed by atoms with Gasteiger partial charge in [0.05, 0.1) is 24.1 Å². The fourth-order valence-electron chi connectivity index (χ4n) is 5.51. The van der Waals surface area contributed by atoms with Crippen molar-refractivity contribution in [1.29, 1.82) is 0 Å². The first-order valence-electron chi connectivity index (χ1n) is 17.1. The standard InChI is InChI=1S/C38H55N5O5S/c1-26(2)18-36(44)35(25-39-23-27(3)4)40-24-33(19-29-14-10-8-11-15-29)42-38(46)32-20-31(21-34(22-32)43(6)49(7,47)48)37(45)41-28(5)30-16-12-9-13-17-30/h8-17,20-22,26-28,33,35-36,39-40,44H,18-19,23-25H2,1-7H3,(H,41,45)(H,42,46)/t28-,33+,35-,36+/m1/s1. The van der Waals surface area contributed by atoms with Gasteiger partial charge in [-0.15, -0.1) is 0 Å². The Morgan fingerprint density at radius 3 is 1.90 bits per heavy atom. The van der Waals surface area contributed by atoms with E-state index in [0.29, 0.717) is 37.8 Å². The highest BCUT2D eigenvalue weighted by atomic mass is 32.2. The molecule has 0 aliphatic rings. The third-order valence-electron chi connectivity index (χ3n) is 8.33. The van der Waals surface area contributed by atoms with E-state index < -0.39 is 27.9 Å². The van der Waals surface area contributed by atoms with Crippen LogP contribution in [0.1, 0.15) is 78.9 Å². The second kappa shape index (κ2) is 18.8. The maximum Gasteiger partial charge on any atom is 0.251 e. The molecule has 0 spiro atoms. The van der Waals surface area contributed by atoms with E-state index >= 15 is 0 Å². The lowest BCUT2D eigenvalue weighted by atomic mass is 9.98. The van der Waals surface area contributed by atoms with Gasteiger partial charge in [-0.25, -0.2) is 8.42 Å². The van der Waals surface area contributed by atoms with E-state index in [-0.39, 0.29) is 34.9 Å². The molecule has 0 fully saturated rings. The van der Waals surface area contributed by atoms with Gasteiger partial charge in [-0.05, 0) is 67.5 Å². The maximum atomic E-state index is 14.0. The van der Waals surface area contributed by atoms with E-state index in [1.54, 1.807) is 0 Å². The van der Waals surface area contributed by atoms with Crippen molar-refractivity contribution in [3.63, 3.8) is 0 Å². The Bertz CT molecular complexity index is 1580. The minimum atomic E-state index is -3.69. The number of aliphatic hydroxyl groups is 1. The Morgan fingerprint density at radius 2 is 1.35 bits per heavy atom. The van der Waals surface area contributed by atoms with Gasteiger partial charge in [0, 0.05) is 43.3 Å². The fourth-order valence-corrected chi connectivity index (χ4v) is 5.99. The zero-order chi connectivity index (χ0) is 36.1. The Hall–Kier alpha value is -3.77. The zero-order valence-corrected chi connectivity index (χ0v) is 30.8. The van der Waals surface area contributed by atoms with Gasteiger partial charge in [0.1, 0.15) is 0 Å². The molecule has 0 saturated carbocycles. The van der Waals surface area contributed by atoms with E-state index in [9.17, 15) is 23.1 Å². The second-order valence-corrected chi connectivity index (χ2v) is 15.7. The minimum Gasteiger partial charge on any atom is -0.391 e. The van der Waals surface area contributed by atoms with E-state index in [2.05, 4.69) is 49.0 Å². The molecule has 49 heavy (non-hydrogen) atoms. The summed E-state index contributed by atoms with van der Waals surface area (Å²) in [6, 6.07) is 22.8. The maximum absolute atomic E-state index is 14.0. The number of sulfonamides is 1. The smallest absolute Gasteiger partial charge is 0.251 e. The van der Waals surface area contributed by atoms with Crippen LogP contribution in [0, 0.1) is 11.8 Å². The molecular weight excluding hydrogens is 639 g/mol.